The minimum Gasteiger partial charge on any atom is -0.457 e. The third-order valence-electron chi connectivity index (χ3n) is 14.5. The standard InChI is InChI=1S/C62H64N14O6/c1-6-79-61(2,3)34-43(36-64)60(78)74-31-14-15-44(74)38-75-58-52(53(71-75)40-21-25-48(26-22-40)81-46-17-9-7-10-18-46)56(66)69-50(70-58)29-32-80-62(4,5)33-42(35-63)59(77)73-30-13-16-45(37-73)76-57-51(55(65)67-39-68-57)54(72-76)41-23-27-49(28-24-41)82-47-19-11-8-12-20-47/h7-12,17-28,33-34,39,44-45H,6,13-16,29-32,37-38H2,1-5H3,(H2,65,67,68)(H2,66,69,70)/b42-33+,43-34+/t44-,45+/m0/s1. The Morgan fingerprint density at radius 2 is 1.23 bits per heavy atom. The predicted molar refractivity (Wildman–Crippen MR) is 310 cm³/mol. The first-order valence-corrected chi connectivity index (χ1v) is 27.4. The fraction of sp³-hybridized carbons (Fsp3) is 0.323. The van der Waals surface area contributed by atoms with Gasteiger partial charge in [-0.1, -0.05) is 36.4 Å². The Morgan fingerprint density at radius 1 is 0.671 bits per heavy atom. The number of likely N-dealkylation sites (tertiary alicyclic amines) is 2. The highest BCUT2D eigenvalue weighted by molar-refractivity contribution is 6.00. The number of piperidine rings is 1. The first-order valence-electron chi connectivity index (χ1n) is 27.4. The summed E-state index contributed by atoms with van der Waals surface area (Å²) >= 11 is 0. The van der Waals surface area contributed by atoms with Crippen LogP contribution in [0.2, 0.25) is 0 Å². The van der Waals surface area contributed by atoms with Crippen molar-refractivity contribution in [1.29, 1.82) is 10.5 Å². The van der Waals surface area contributed by atoms with E-state index in [0.29, 0.717) is 95.5 Å². The number of carbonyl (C=O) groups excluding carboxylic acids is 2. The van der Waals surface area contributed by atoms with Crippen molar-refractivity contribution in [1.82, 2.24) is 49.3 Å². The van der Waals surface area contributed by atoms with Crippen LogP contribution < -0.4 is 20.9 Å². The van der Waals surface area contributed by atoms with Crippen molar-refractivity contribution < 1.29 is 28.5 Å². The molecule has 20 heteroatoms. The summed E-state index contributed by atoms with van der Waals surface area (Å²) in [6.07, 6.45) is 7.53. The quantitative estimate of drug-likeness (QED) is 0.0563. The molecule has 4 N–H and O–H groups in total. The maximum atomic E-state index is 14.3. The van der Waals surface area contributed by atoms with Crippen LogP contribution in [0.25, 0.3) is 44.6 Å². The van der Waals surface area contributed by atoms with Crippen molar-refractivity contribution >= 4 is 45.5 Å². The summed E-state index contributed by atoms with van der Waals surface area (Å²) in [6.45, 7) is 11.0. The van der Waals surface area contributed by atoms with Crippen molar-refractivity contribution in [3.05, 3.63) is 145 Å². The molecular formula is C62H64N14O6. The number of nitrogen functional groups attached to an aromatic ring is 2. The number of hydrogen-bond donors (Lipinski definition) is 2. The second-order valence-electron chi connectivity index (χ2n) is 21.3. The SMILES string of the molecule is CCOC(C)(C)/C=C(\C#N)C(=O)N1CCC[C@H]1Cn1nc(-c2ccc(Oc3ccccc3)cc2)c2c(N)nc(CCOC(C)(C)/C=C(\C#N)C(=O)N3CCC[C@@H](n4nc(-c5ccc(Oc6ccccc6)cc5)c5c(N)ncnc54)C3)nc21. The first kappa shape index (κ1) is 55.8. The van der Waals surface area contributed by atoms with Gasteiger partial charge in [-0.2, -0.15) is 20.7 Å². The lowest BCUT2D eigenvalue weighted by Crippen LogP contribution is -2.42. The lowest BCUT2D eigenvalue weighted by molar-refractivity contribution is -0.129. The van der Waals surface area contributed by atoms with Crippen LogP contribution in [-0.2, 0) is 32.0 Å². The van der Waals surface area contributed by atoms with Gasteiger partial charge < -0.3 is 40.2 Å². The van der Waals surface area contributed by atoms with Crippen LogP contribution in [-0.4, -0.2) is 111 Å². The smallest absolute Gasteiger partial charge is 0.264 e. The van der Waals surface area contributed by atoms with Crippen LogP contribution in [0.4, 0.5) is 11.6 Å². The van der Waals surface area contributed by atoms with E-state index in [1.807, 2.05) is 135 Å². The normalized spacial score (nSPS) is 16.1. The van der Waals surface area contributed by atoms with E-state index >= 15 is 0 Å². The highest BCUT2D eigenvalue weighted by Gasteiger charge is 2.35. The lowest BCUT2D eigenvalue weighted by atomic mass is 10.0. The molecule has 0 bridgehead atoms. The van der Waals surface area contributed by atoms with Gasteiger partial charge >= 0.3 is 0 Å². The Labute approximate surface area is 475 Å². The third kappa shape index (κ3) is 12.4. The first-order chi connectivity index (χ1) is 39.6. The van der Waals surface area contributed by atoms with Gasteiger partial charge in [0.15, 0.2) is 11.3 Å². The molecule has 418 valence electrons. The largest absolute Gasteiger partial charge is 0.457 e. The number of anilines is 2. The van der Waals surface area contributed by atoms with Gasteiger partial charge in [-0.3, -0.25) is 9.59 Å². The molecule has 2 aliphatic heterocycles. The average molecular weight is 1100 g/mol. The van der Waals surface area contributed by atoms with E-state index in [9.17, 15) is 20.1 Å². The molecule has 2 aliphatic rings. The Bertz CT molecular complexity index is 3770. The summed E-state index contributed by atoms with van der Waals surface area (Å²) in [5, 5.41) is 31.9. The molecule has 20 nitrogen and oxygen atoms in total. The van der Waals surface area contributed by atoms with Crippen molar-refractivity contribution in [2.24, 2.45) is 0 Å². The van der Waals surface area contributed by atoms with E-state index in [-0.39, 0.29) is 66.9 Å². The number of nitrogens with zero attached hydrogens (tertiary/aromatic N) is 12. The van der Waals surface area contributed by atoms with E-state index in [0.717, 1.165) is 23.3 Å². The number of para-hydroxylation sites is 2. The third-order valence-corrected chi connectivity index (χ3v) is 14.5. The number of aromatic nitrogens is 8. The highest BCUT2D eigenvalue weighted by atomic mass is 16.5. The van der Waals surface area contributed by atoms with Crippen LogP contribution in [0.5, 0.6) is 23.0 Å². The molecule has 4 aromatic carbocycles. The van der Waals surface area contributed by atoms with Crippen LogP contribution >= 0.6 is 0 Å². The number of amides is 2. The van der Waals surface area contributed by atoms with Gasteiger partial charge in [0.1, 0.15) is 81.5 Å². The molecule has 8 aromatic rings. The molecule has 0 radical (unpaired) electrons. The Morgan fingerprint density at radius 3 is 1.84 bits per heavy atom. The highest BCUT2D eigenvalue weighted by Crippen LogP contribution is 2.37. The number of rotatable bonds is 19. The molecule has 2 atom stereocenters. The molecule has 0 saturated carbocycles. The molecule has 10 rings (SSSR count). The molecule has 2 amide bonds. The summed E-state index contributed by atoms with van der Waals surface area (Å²) in [4.78, 5) is 50.4. The van der Waals surface area contributed by atoms with Gasteiger partial charge in [0.2, 0.25) is 0 Å². The van der Waals surface area contributed by atoms with Gasteiger partial charge in [-0.15, -0.1) is 0 Å². The zero-order valence-electron chi connectivity index (χ0n) is 46.5. The minimum atomic E-state index is -1.08. The molecule has 0 unspecified atom stereocenters. The number of carbonyl (C=O) groups is 2. The summed E-state index contributed by atoms with van der Waals surface area (Å²) in [5.41, 5.74) is 15.1. The molecular weight excluding hydrogens is 1040 g/mol. The molecule has 2 saturated heterocycles. The Hall–Kier alpha value is -9.50. The maximum Gasteiger partial charge on any atom is 0.264 e. The van der Waals surface area contributed by atoms with Crippen LogP contribution in [0, 0.1) is 22.7 Å². The second kappa shape index (κ2) is 24.1. The van der Waals surface area contributed by atoms with E-state index in [4.69, 9.17) is 50.6 Å². The van der Waals surface area contributed by atoms with Gasteiger partial charge in [0, 0.05) is 43.8 Å². The molecule has 4 aromatic heterocycles. The van der Waals surface area contributed by atoms with Crippen molar-refractivity contribution in [3.63, 3.8) is 0 Å². The topological polar surface area (TPSA) is 264 Å². The zero-order chi connectivity index (χ0) is 57.5. The van der Waals surface area contributed by atoms with E-state index in [1.165, 1.54) is 6.33 Å². The summed E-state index contributed by atoms with van der Waals surface area (Å²) in [7, 11) is 0. The van der Waals surface area contributed by atoms with E-state index < -0.39 is 17.1 Å². The Balaban J connectivity index is 0.857. The Kier molecular flexibility index (Phi) is 16.4. The number of hydrogen-bond acceptors (Lipinski definition) is 16. The number of ether oxygens (including phenoxy) is 4. The molecule has 2 fully saturated rings. The van der Waals surface area contributed by atoms with Gasteiger partial charge in [-0.05, 0) is 145 Å². The number of benzene rings is 4. The van der Waals surface area contributed by atoms with Gasteiger partial charge in [0.05, 0.1) is 47.2 Å². The zero-order valence-corrected chi connectivity index (χ0v) is 46.5. The average Bonchev–Trinajstić information content (AvgIpc) is 4.29. The summed E-state index contributed by atoms with van der Waals surface area (Å²) in [5.74, 6) is 2.77. The van der Waals surface area contributed by atoms with Gasteiger partial charge in [-0.25, -0.2) is 29.3 Å². The maximum absolute atomic E-state index is 14.3. The minimum absolute atomic E-state index is 0.0113. The van der Waals surface area contributed by atoms with Crippen molar-refractivity contribution in [2.45, 2.75) is 96.6 Å². The van der Waals surface area contributed by atoms with Crippen LogP contribution in [0.1, 0.15) is 72.2 Å². The fourth-order valence-corrected chi connectivity index (χ4v) is 10.6. The van der Waals surface area contributed by atoms with Crippen molar-refractivity contribution in [2.75, 3.05) is 44.3 Å². The number of fused-ring (bicyclic) bond motifs is 2. The van der Waals surface area contributed by atoms with Gasteiger partial charge in [0.25, 0.3) is 11.8 Å². The summed E-state index contributed by atoms with van der Waals surface area (Å²) < 4.78 is 27.9. The van der Waals surface area contributed by atoms with Crippen LogP contribution in [0.3, 0.4) is 0 Å². The monoisotopic (exact) mass is 1100 g/mol. The van der Waals surface area contributed by atoms with Crippen LogP contribution in [0.15, 0.2) is 139 Å². The number of nitriles is 2. The molecule has 0 spiro atoms. The summed E-state index contributed by atoms with van der Waals surface area (Å²) in [6, 6.07) is 37.7. The van der Waals surface area contributed by atoms with E-state index in [1.54, 1.807) is 40.5 Å². The second-order valence-corrected chi connectivity index (χ2v) is 21.3. The predicted octanol–water partition coefficient (Wildman–Crippen LogP) is 9.96. The van der Waals surface area contributed by atoms with E-state index in [2.05, 4.69) is 22.1 Å². The number of nitrogens with two attached hydrogens (primary N) is 2. The molecule has 6 heterocycles. The molecule has 0 aliphatic carbocycles. The molecule has 82 heavy (non-hydrogen) atoms. The lowest BCUT2D eigenvalue weighted by Gasteiger charge is -2.33. The van der Waals surface area contributed by atoms with Crippen molar-refractivity contribution in [3.8, 4) is 57.7 Å². The fourth-order valence-electron chi connectivity index (χ4n) is 10.6.